The van der Waals surface area contributed by atoms with E-state index in [2.05, 4.69) is 42.5 Å². The van der Waals surface area contributed by atoms with Gasteiger partial charge >= 0.3 is 0 Å². The Labute approximate surface area is 242 Å². The van der Waals surface area contributed by atoms with Crippen molar-refractivity contribution in [3.05, 3.63) is 65.7 Å². The summed E-state index contributed by atoms with van der Waals surface area (Å²) in [7, 11) is 1.48. The zero-order valence-corrected chi connectivity index (χ0v) is 24.5. The number of amides is 1. The third-order valence-electron chi connectivity index (χ3n) is 7.92. The van der Waals surface area contributed by atoms with E-state index in [9.17, 15) is 9.90 Å². The lowest BCUT2D eigenvalue weighted by Gasteiger charge is -2.47. The molecule has 1 aliphatic carbocycles. The van der Waals surface area contributed by atoms with Crippen LogP contribution in [0.15, 0.2) is 53.4 Å². The summed E-state index contributed by atoms with van der Waals surface area (Å²) in [5.41, 5.74) is 3.94. The van der Waals surface area contributed by atoms with Crippen LogP contribution in [0.2, 0.25) is 0 Å². The van der Waals surface area contributed by atoms with Crippen molar-refractivity contribution < 1.29 is 23.8 Å². The summed E-state index contributed by atoms with van der Waals surface area (Å²) in [5, 5.41) is 18.0. The van der Waals surface area contributed by atoms with Crippen LogP contribution in [0.3, 0.4) is 0 Å². The van der Waals surface area contributed by atoms with Crippen LogP contribution in [-0.4, -0.2) is 59.0 Å². The van der Waals surface area contributed by atoms with Crippen molar-refractivity contribution in [2.45, 2.75) is 83.1 Å². The van der Waals surface area contributed by atoms with Crippen molar-refractivity contribution in [1.29, 1.82) is 0 Å². The van der Waals surface area contributed by atoms with Crippen LogP contribution in [0.25, 0.3) is 11.5 Å². The summed E-state index contributed by atoms with van der Waals surface area (Å²) in [5.74, 6) is 0.937. The van der Waals surface area contributed by atoms with Gasteiger partial charge in [0, 0.05) is 43.4 Å². The van der Waals surface area contributed by atoms with Crippen LogP contribution >= 0.6 is 0 Å². The number of nitrogens with one attached hydrogen (secondary N) is 2. The smallest absolute Gasteiger partial charge is 0.246 e. The third kappa shape index (κ3) is 7.33. The monoisotopic (exact) mass is 562 g/mol. The van der Waals surface area contributed by atoms with Gasteiger partial charge in [-0.2, -0.15) is 0 Å². The van der Waals surface area contributed by atoms with Crippen molar-refractivity contribution in [3.63, 3.8) is 0 Å². The maximum Gasteiger partial charge on any atom is 0.246 e. The third-order valence-corrected chi connectivity index (χ3v) is 7.92. The van der Waals surface area contributed by atoms with E-state index in [-0.39, 0.29) is 29.6 Å². The number of hydrogen-bond donors (Lipinski definition) is 3. The van der Waals surface area contributed by atoms with E-state index in [0.29, 0.717) is 24.7 Å². The second-order valence-electron chi connectivity index (χ2n) is 12.7. The van der Waals surface area contributed by atoms with E-state index in [1.807, 2.05) is 30.5 Å². The zero-order chi connectivity index (χ0) is 29.0. The van der Waals surface area contributed by atoms with Gasteiger partial charge in [-0.1, -0.05) is 32.9 Å². The average molecular weight is 563 g/mol. The highest BCUT2D eigenvalue weighted by atomic mass is 16.5. The Balaban J connectivity index is 1.33. The summed E-state index contributed by atoms with van der Waals surface area (Å²) in [4.78, 5) is 21.5. The molecule has 5 rings (SSSR count). The topological polar surface area (TPSA) is 119 Å². The molecular weight excluding hydrogens is 520 g/mol. The van der Waals surface area contributed by atoms with Gasteiger partial charge in [0.15, 0.2) is 0 Å². The van der Waals surface area contributed by atoms with E-state index in [1.165, 1.54) is 18.9 Å². The van der Waals surface area contributed by atoms with E-state index in [1.54, 1.807) is 6.20 Å². The summed E-state index contributed by atoms with van der Waals surface area (Å²) < 4.78 is 16.9. The maximum absolute atomic E-state index is 12.5. The zero-order valence-electron chi connectivity index (χ0n) is 24.5. The number of nitrogens with zero attached hydrogens (tertiary/aromatic N) is 2. The maximum atomic E-state index is 12.5. The molecule has 0 bridgehead atoms. The molecule has 0 radical (unpaired) electrons. The normalized spacial score (nSPS) is 19.1. The van der Waals surface area contributed by atoms with Crippen molar-refractivity contribution in [1.82, 2.24) is 20.6 Å². The molecule has 3 aromatic rings. The molecule has 1 aliphatic heterocycles. The Morgan fingerprint density at radius 2 is 2.05 bits per heavy atom. The fraction of sp³-hybridized carbons (Fsp3) is 0.531. The molecule has 3 heterocycles. The number of rotatable bonds is 11. The lowest BCUT2D eigenvalue weighted by atomic mass is 9.73. The Bertz CT molecular complexity index is 1320. The molecule has 1 saturated carbocycles. The fourth-order valence-electron chi connectivity index (χ4n) is 5.87. The van der Waals surface area contributed by atoms with E-state index in [4.69, 9.17) is 18.9 Å². The SMILES string of the molecule is COCC(=O)NC(Cc1cccc(-c2ncco2)c1)[C@H](O)CN[C@H]1CC2(CCC2)Oc2ncc(CC(C)(C)C)cc21. The number of fused-ring (bicyclic) bond motifs is 1. The number of aliphatic hydroxyl groups is 1. The van der Waals surface area contributed by atoms with Crippen LogP contribution in [0.4, 0.5) is 0 Å². The van der Waals surface area contributed by atoms with Crippen LogP contribution in [-0.2, 0) is 22.4 Å². The second-order valence-corrected chi connectivity index (χ2v) is 12.7. The molecular formula is C32H42N4O5. The largest absolute Gasteiger partial charge is 0.471 e. The van der Waals surface area contributed by atoms with Crippen molar-refractivity contribution in [3.8, 4) is 17.3 Å². The highest BCUT2D eigenvalue weighted by molar-refractivity contribution is 5.77. The van der Waals surface area contributed by atoms with Gasteiger partial charge in [0.1, 0.15) is 18.5 Å². The van der Waals surface area contributed by atoms with Gasteiger partial charge in [0.2, 0.25) is 17.7 Å². The number of benzene rings is 1. The minimum Gasteiger partial charge on any atom is -0.471 e. The second kappa shape index (κ2) is 12.3. The van der Waals surface area contributed by atoms with Crippen molar-refractivity contribution in [2.75, 3.05) is 20.3 Å². The number of aromatic nitrogens is 2. The highest BCUT2D eigenvalue weighted by Gasteiger charge is 2.46. The number of oxazole rings is 1. The Hall–Kier alpha value is -3.27. The van der Waals surface area contributed by atoms with Crippen molar-refractivity contribution in [2.24, 2.45) is 5.41 Å². The molecule has 9 heteroatoms. The van der Waals surface area contributed by atoms with Gasteiger partial charge in [-0.3, -0.25) is 4.79 Å². The van der Waals surface area contributed by atoms with Gasteiger partial charge in [0.25, 0.3) is 0 Å². The predicted octanol–water partition coefficient (Wildman–Crippen LogP) is 4.40. The van der Waals surface area contributed by atoms with E-state index in [0.717, 1.165) is 48.8 Å². The number of carbonyl (C=O) groups excluding carboxylic acids is 1. The molecule has 2 aromatic heterocycles. The number of hydrogen-bond acceptors (Lipinski definition) is 8. The quantitative estimate of drug-likeness (QED) is 0.315. The molecule has 2 aliphatic rings. The van der Waals surface area contributed by atoms with E-state index >= 15 is 0 Å². The molecule has 1 fully saturated rings. The van der Waals surface area contributed by atoms with Gasteiger partial charge in [0.05, 0.1) is 18.3 Å². The minimum atomic E-state index is -0.851. The molecule has 1 spiro atoms. The molecule has 3 N–H and O–H groups in total. The highest BCUT2D eigenvalue weighted by Crippen LogP contribution is 2.48. The number of methoxy groups -OCH3 is 1. The molecule has 41 heavy (non-hydrogen) atoms. The minimum absolute atomic E-state index is 0.00944. The van der Waals surface area contributed by atoms with Crippen LogP contribution in [0.1, 0.15) is 69.2 Å². The standard InChI is InChI=1S/C32H42N4O5/c1-31(2,3)16-22-14-24-26(17-32(9-6-10-32)41-30(24)35-18-22)34-19-27(37)25(36-28(38)20-39-4)15-21-7-5-8-23(13-21)29-33-11-12-40-29/h5,7-8,11-14,18,25-27,34,37H,6,9-10,15-17,19-20H2,1-4H3,(H,36,38)/t25?,26-,27+/m0/s1. The number of ether oxygens (including phenoxy) is 2. The van der Waals surface area contributed by atoms with Gasteiger partial charge < -0.3 is 29.6 Å². The fourth-order valence-corrected chi connectivity index (χ4v) is 5.87. The van der Waals surface area contributed by atoms with Gasteiger partial charge in [-0.25, -0.2) is 9.97 Å². The van der Waals surface area contributed by atoms with Crippen molar-refractivity contribution >= 4 is 5.91 Å². The lowest BCUT2D eigenvalue weighted by molar-refractivity contribution is -0.126. The molecule has 1 aromatic carbocycles. The number of pyridine rings is 1. The summed E-state index contributed by atoms with van der Waals surface area (Å²) >= 11 is 0. The molecule has 220 valence electrons. The van der Waals surface area contributed by atoms with Crippen LogP contribution in [0.5, 0.6) is 5.88 Å². The predicted molar refractivity (Wildman–Crippen MR) is 155 cm³/mol. The van der Waals surface area contributed by atoms with E-state index < -0.39 is 12.1 Å². The summed E-state index contributed by atoms with van der Waals surface area (Å²) in [6, 6.07) is 9.45. The Morgan fingerprint density at radius 1 is 1.22 bits per heavy atom. The van der Waals surface area contributed by atoms with Crippen LogP contribution in [0, 0.1) is 5.41 Å². The molecule has 3 atom stereocenters. The van der Waals surface area contributed by atoms with Gasteiger partial charge in [-0.05, 0) is 66.8 Å². The van der Waals surface area contributed by atoms with Crippen LogP contribution < -0.4 is 15.4 Å². The Morgan fingerprint density at radius 3 is 2.73 bits per heavy atom. The van der Waals surface area contributed by atoms with Gasteiger partial charge in [-0.15, -0.1) is 0 Å². The molecule has 0 saturated heterocycles. The number of carbonyl (C=O) groups is 1. The molecule has 9 nitrogen and oxygen atoms in total. The lowest BCUT2D eigenvalue weighted by Crippen LogP contribution is -2.52. The molecule has 1 amide bonds. The first-order valence-electron chi connectivity index (χ1n) is 14.5. The number of aliphatic hydroxyl groups excluding tert-OH is 1. The Kier molecular flexibility index (Phi) is 8.77. The first-order valence-corrected chi connectivity index (χ1v) is 14.5. The first kappa shape index (κ1) is 29.2. The first-order chi connectivity index (χ1) is 19.6. The average Bonchev–Trinajstić information content (AvgIpc) is 3.45. The summed E-state index contributed by atoms with van der Waals surface area (Å²) in [6.45, 7) is 6.87. The summed E-state index contributed by atoms with van der Waals surface area (Å²) in [6.07, 6.45) is 9.55. The molecule has 1 unspecified atom stereocenters.